The van der Waals surface area contributed by atoms with Gasteiger partial charge in [0.15, 0.2) is 11.5 Å². The molecule has 12 nitrogen and oxygen atoms in total. The van der Waals surface area contributed by atoms with E-state index in [0.717, 1.165) is 30.3 Å². The molecule has 0 aliphatic carbocycles. The van der Waals surface area contributed by atoms with Crippen molar-refractivity contribution in [1.82, 2.24) is 16.0 Å². The van der Waals surface area contributed by atoms with Gasteiger partial charge in [-0.15, -0.1) is 0 Å². The number of rotatable bonds is 14. The number of amides is 3. The minimum absolute atomic E-state index is 0.173. The molecule has 48 heavy (non-hydrogen) atoms. The van der Waals surface area contributed by atoms with Crippen LogP contribution in [-0.4, -0.2) is 53.5 Å². The highest BCUT2D eigenvalue weighted by Gasteiger charge is 2.51. The maximum atomic E-state index is 12.5. The minimum atomic E-state index is -0.594. The van der Waals surface area contributed by atoms with Crippen molar-refractivity contribution in [2.24, 2.45) is 0 Å². The van der Waals surface area contributed by atoms with E-state index in [9.17, 15) is 14.4 Å². The van der Waals surface area contributed by atoms with E-state index in [2.05, 4.69) is 21.3 Å². The molecular weight excluding hydrogens is 615 g/mol. The van der Waals surface area contributed by atoms with E-state index in [0.29, 0.717) is 36.4 Å². The number of nitrogens with one attached hydrogen (secondary N) is 3. The van der Waals surface area contributed by atoms with Crippen LogP contribution in [0.25, 0.3) is 11.3 Å². The van der Waals surface area contributed by atoms with Crippen LogP contribution < -0.4 is 21.6 Å². The van der Waals surface area contributed by atoms with E-state index < -0.39 is 30.0 Å². The van der Waals surface area contributed by atoms with Gasteiger partial charge in [0.2, 0.25) is 5.91 Å². The molecule has 0 spiro atoms. The van der Waals surface area contributed by atoms with E-state index in [-0.39, 0.29) is 24.1 Å². The van der Waals surface area contributed by atoms with Crippen molar-refractivity contribution in [3.8, 4) is 11.3 Å². The quantitative estimate of drug-likeness (QED) is 0.109. The van der Waals surface area contributed by atoms with Crippen LogP contribution in [0.5, 0.6) is 0 Å². The van der Waals surface area contributed by atoms with Crippen molar-refractivity contribution in [3.63, 3.8) is 0 Å². The average molecular weight is 663 g/mol. The molecule has 1 saturated heterocycles. The summed E-state index contributed by atoms with van der Waals surface area (Å²) >= 11 is 0. The fraction of sp³-hybridized carbons (Fsp3) is 0.486. The first kappa shape index (κ1) is 36.6. The van der Waals surface area contributed by atoms with Crippen LogP contribution >= 0.6 is 0 Å². The number of hydroxylamine groups is 1. The van der Waals surface area contributed by atoms with Gasteiger partial charge in [-0.25, -0.2) is 10.3 Å². The van der Waals surface area contributed by atoms with E-state index in [1.54, 1.807) is 51.1 Å². The second-order valence-electron chi connectivity index (χ2n) is 13.8. The van der Waals surface area contributed by atoms with Crippen molar-refractivity contribution in [2.45, 2.75) is 104 Å². The molecular formula is C35H47BN4O8. The molecule has 2 aromatic carbocycles. The molecule has 258 valence electrons. The van der Waals surface area contributed by atoms with Crippen LogP contribution in [0.4, 0.5) is 10.5 Å². The van der Waals surface area contributed by atoms with Crippen molar-refractivity contribution in [3.05, 3.63) is 65.9 Å². The van der Waals surface area contributed by atoms with Gasteiger partial charge >= 0.3 is 13.2 Å². The molecule has 2 heterocycles. The highest BCUT2D eigenvalue weighted by molar-refractivity contribution is 6.62. The van der Waals surface area contributed by atoms with Gasteiger partial charge in [0, 0.05) is 30.3 Å². The largest absolute Gasteiger partial charge is 0.494 e. The first-order chi connectivity index (χ1) is 22.6. The summed E-state index contributed by atoms with van der Waals surface area (Å²) in [6, 6.07) is 16.3. The van der Waals surface area contributed by atoms with Crippen LogP contribution in [0, 0.1) is 0 Å². The normalized spacial score (nSPS) is 15.2. The fourth-order valence-electron chi connectivity index (χ4n) is 4.72. The molecule has 3 N–H and O–H groups in total. The summed E-state index contributed by atoms with van der Waals surface area (Å²) in [4.78, 5) is 42.0. The lowest BCUT2D eigenvalue weighted by atomic mass is 9.79. The number of benzene rings is 2. The SMILES string of the molecule is CC(C)(C)OC(=O)Nc1ccc(-c2cc(C(=O)NCCCCCCC(=O)NOCc3ccc(B4OC(C)(C)C(C)(C)O4)cc3)no2)cc1. The summed E-state index contributed by atoms with van der Waals surface area (Å²) in [6.45, 7) is 14.2. The highest BCUT2D eigenvalue weighted by Crippen LogP contribution is 2.36. The Kier molecular flexibility index (Phi) is 12.1. The molecule has 0 bridgehead atoms. The lowest BCUT2D eigenvalue weighted by molar-refractivity contribution is -0.134. The Hall–Kier alpha value is -4.20. The minimum Gasteiger partial charge on any atom is -0.444 e. The zero-order valence-corrected chi connectivity index (χ0v) is 28.9. The number of unbranched alkanes of at least 4 members (excludes halogenated alkanes) is 3. The van der Waals surface area contributed by atoms with Crippen molar-refractivity contribution < 1.29 is 37.8 Å². The van der Waals surface area contributed by atoms with E-state index in [4.69, 9.17) is 23.4 Å². The second-order valence-corrected chi connectivity index (χ2v) is 13.8. The topological polar surface area (TPSA) is 150 Å². The molecule has 3 aromatic rings. The molecule has 0 unspecified atom stereocenters. The molecule has 0 saturated carbocycles. The molecule has 0 radical (unpaired) electrons. The van der Waals surface area contributed by atoms with Crippen molar-refractivity contribution >= 4 is 36.2 Å². The van der Waals surface area contributed by atoms with Crippen LogP contribution in [0.1, 0.15) is 96.6 Å². The Balaban J connectivity index is 1.05. The van der Waals surface area contributed by atoms with Crippen molar-refractivity contribution in [1.29, 1.82) is 0 Å². The van der Waals surface area contributed by atoms with Crippen LogP contribution in [0.2, 0.25) is 0 Å². The van der Waals surface area contributed by atoms with Crippen molar-refractivity contribution in [2.75, 3.05) is 11.9 Å². The highest BCUT2D eigenvalue weighted by atomic mass is 16.7. The number of carbonyl (C=O) groups is 3. The Labute approximate surface area is 282 Å². The summed E-state index contributed by atoms with van der Waals surface area (Å²) in [6.07, 6.45) is 2.99. The lowest BCUT2D eigenvalue weighted by Crippen LogP contribution is -2.41. The number of nitrogens with zero attached hydrogens (tertiary/aromatic N) is 1. The standard InChI is InChI=1S/C35H47BN4O8/c1-33(2,3)45-32(43)38-27-19-15-25(16-20-27)29-22-28(39-46-29)31(42)37-21-11-9-8-10-12-30(41)40-44-23-24-13-17-26(18-14-24)36-47-34(4,5)35(6,7)48-36/h13-20,22H,8-12,21,23H2,1-7H3,(H,37,42)(H,38,43)(H,40,41). The summed E-state index contributed by atoms with van der Waals surface area (Å²) in [7, 11) is -0.420. The van der Waals surface area contributed by atoms with Crippen LogP contribution in [-0.2, 0) is 30.3 Å². The monoisotopic (exact) mass is 662 g/mol. The van der Waals surface area contributed by atoms with Gasteiger partial charge in [0.05, 0.1) is 17.8 Å². The van der Waals surface area contributed by atoms with Gasteiger partial charge in [-0.3, -0.25) is 19.7 Å². The third kappa shape index (κ3) is 10.7. The van der Waals surface area contributed by atoms with Gasteiger partial charge in [-0.1, -0.05) is 42.3 Å². The number of aromatic nitrogens is 1. The zero-order valence-electron chi connectivity index (χ0n) is 28.9. The summed E-state index contributed by atoms with van der Waals surface area (Å²) in [5.41, 5.74) is 4.42. The third-order valence-corrected chi connectivity index (χ3v) is 8.10. The molecule has 1 fully saturated rings. The number of carbonyl (C=O) groups excluding carboxylic acids is 3. The first-order valence-electron chi connectivity index (χ1n) is 16.3. The maximum absolute atomic E-state index is 12.5. The fourth-order valence-corrected chi connectivity index (χ4v) is 4.72. The summed E-state index contributed by atoms with van der Waals surface area (Å²) < 4.78 is 22.8. The molecule has 1 aliphatic rings. The smallest absolute Gasteiger partial charge is 0.444 e. The van der Waals surface area contributed by atoms with Gasteiger partial charge in [-0.05, 0) is 96.6 Å². The van der Waals surface area contributed by atoms with Gasteiger partial charge in [-0.2, -0.15) is 0 Å². The predicted octanol–water partition coefficient (Wildman–Crippen LogP) is 5.92. The van der Waals surface area contributed by atoms with E-state index in [1.807, 2.05) is 52.0 Å². The van der Waals surface area contributed by atoms with Crippen LogP contribution in [0.15, 0.2) is 59.1 Å². The van der Waals surface area contributed by atoms with Crippen LogP contribution in [0.3, 0.4) is 0 Å². The second kappa shape index (κ2) is 15.8. The molecule has 3 amide bonds. The Bertz CT molecular complexity index is 1520. The lowest BCUT2D eigenvalue weighted by Gasteiger charge is -2.32. The maximum Gasteiger partial charge on any atom is 0.494 e. The van der Waals surface area contributed by atoms with Gasteiger partial charge < -0.3 is 23.9 Å². The molecule has 13 heteroatoms. The zero-order chi connectivity index (χ0) is 35.0. The van der Waals surface area contributed by atoms with Gasteiger partial charge in [0.1, 0.15) is 5.60 Å². The summed E-state index contributed by atoms with van der Waals surface area (Å²) in [5.74, 6) is -0.0672. The van der Waals surface area contributed by atoms with E-state index >= 15 is 0 Å². The number of hydrogen-bond acceptors (Lipinski definition) is 9. The molecule has 1 aromatic heterocycles. The third-order valence-electron chi connectivity index (χ3n) is 8.10. The predicted molar refractivity (Wildman–Crippen MR) is 182 cm³/mol. The number of hydrogen-bond donors (Lipinski definition) is 3. The first-order valence-corrected chi connectivity index (χ1v) is 16.3. The van der Waals surface area contributed by atoms with Gasteiger partial charge in [0.25, 0.3) is 5.91 Å². The number of ether oxygens (including phenoxy) is 1. The summed E-state index contributed by atoms with van der Waals surface area (Å²) in [5, 5.41) is 9.40. The molecule has 0 atom stereocenters. The van der Waals surface area contributed by atoms with E-state index in [1.165, 1.54) is 0 Å². The molecule has 1 aliphatic heterocycles. The molecule has 4 rings (SSSR count). The Morgan fingerprint density at radius 3 is 2.17 bits per heavy atom. The Morgan fingerprint density at radius 2 is 1.52 bits per heavy atom. The number of anilines is 1. The Morgan fingerprint density at radius 1 is 0.875 bits per heavy atom. The average Bonchev–Trinajstić information content (AvgIpc) is 3.58.